The lowest BCUT2D eigenvalue weighted by atomic mass is 9.99. The SMILES string of the molecule is CCN1CCC[C@H]1C(=O)Nc1ccc(C)c(C(=O)N[C@H](C)c2cccc3ccccc23)c1.O=C(O)C(F)(F)F. The van der Waals surface area contributed by atoms with E-state index in [9.17, 15) is 22.8 Å². The molecule has 0 aromatic heterocycles. The number of carbonyl (C=O) groups excluding carboxylic acids is 2. The fourth-order valence-electron chi connectivity index (χ4n) is 4.65. The van der Waals surface area contributed by atoms with Gasteiger partial charge in [0.25, 0.3) is 5.91 Å². The number of anilines is 1. The molecule has 208 valence electrons. The summed E-state index contributed by atoms with van der Waals surface area (Å²) in [7, 11) is 0. The van der Waals surface area contributed by atoms with Gasteiger partial charge < -0.3 is 15.7 Å². The van der Waals surface area contributed by atoms with Crippen molar-refractivity contribution in [1.82, 2.24) is 10.2 Å². The van der Waals surface area contributed by atoms with Crippen LogP contribution in [0, 0.1) is 6.92 Å². The second kappa shape index (κ2) is 12.8. The molecule has 0 aliphatic carbocycles. The van der Waals surface area contributed by atoms with Crippen molar-refractivity contribution in [3.8, 4) is 0 Å². The molecule has 3 N–H and O–H groups in total. The van der Waals surface area contributed by atoms with Crippen molar-refractivity contribution in [1.29, 1.82) is 0 Å². The van der Waals surface area contributed by atoms with E-state index in [1.807, 2.05) is 44.2 Å². The lowest BCUT2D eigenvalue weighted by Crippen LogP contribution is -2.39. The van der Waals surface area contributed by atoms with Crippen LogP contribution in [0.3, 0.4) is 0 Å². The number of likely N-dealkylation sites (N-methyl/N-ethyl adjacent to an activating group) is 1. The van der Waals surface area contributed by atoms with E-state index in [1.165, 1.54) is 0 Å². The number of hydrogen-bond donors (Lipinski definition) is 3. The van der Waals surface area contributed by atoms with E-state index in [-0.39, 0.29) is 23.9 Å². The zero-order valence-corrected chi connectivity index (χ0v) is 22.0. The minimum absolute atomic E-state index is 0.00341. The number of hydrogen-bond acceptors (Lipinski definition) is 4. The molecule has 10 heteroatoms. The van der Waals surface area contributed by atoms with Crippen LogP contribution in [0.4, 0.5) is 18.9 Å². The largest absolute Gasteiger partial charge is 0.490 e. The Morgan fingerprint density at radius 2 is 1.74 bits per heavy atom. The van der Waals surface area contributed by atoms with E-state index in [4.69, 9.17) is 9.90 Å². The molecular weight excluding hydrogens is 511 g/mol. The molecule has 1 saturated heterocycles. The van der Waals surface area contributed by atoms with Gasteiger partial charge in [-0.1, -0.05) is 55.5 Å². The van der Waals surface area contributed by atoms with Gasteiger partial charge in [0, 0.05) is 11.3 Å². The average molecular weight is 544 g/mol. The first kappa shape index (κ1) is 29.6. The van der Waals surface area contributed by atoms with Crippen LogP contribution in [0.2, 0.25) is 0 Å². The zero-order valence-electron chi connectivity index (χ0n) is 22.0. The first-order chi connectivity index (χ1) is 18.4. The highest BCUT2D eigenvalue weighted by atomic mass is 19.4. The van der Waals surface area contributed by atoms with Gasteiger partial charge in [0.1, 0.15) is 0 Å². The van der Waals surface area contributed by atoms with Crippen LogP contribution in [0.25, 0.3) is 10.8 Å². The van der Waals surface area contributed by atoms with Gasteiger partial charge in [-0.05, 0) is 73.8 Å². The molecule has 4 rings (SSSR count). The molecule has 0 spiro atoms. The standard InChI is InChI=1S/C27H31N3O2.C2HF3O2/c1-4-30-16-8-13-25(30)27(32)29-21-15-14-18(2)24(17-21)26(31)28-19(3)22-12-7-10-20-9-5-6-11-23(20)22;3-2(4,5)1(6)7/h5-7,9-12,14-15,17,19,25H,4,8,13,16H2,1-3H3,(H,28,31)(H,29,32);(H,6,7)/t19-,25+;/m1./s1. The summed E-state index contributed by atoms with van der Waals surface area (Å²) in [5, 5.41) is 15.6. The quantitative estimate of drug-likeness (QED) is 0.371. The Kier molecular flexibility index (Phi) is 9.69. The molecule has 0 unspecified atom stereocenters. The molecule has 2 amide bonds. The third kappa shape index (κ3) is 7.57. The average Bonchev–Trinajstić information content (AvgIpc) is 3.38. The predicted octanol–water partition coefficient (Wildman–Crippen LogP) is 5.70. The fraction of sp³-hybridized carbons (Fsp3) is 0.345. The van der Waals surface area contributed by atoms with Gasteiger partial charge in [0.05, 0.1) is 12.1 Å². The third-order valence-electron chi connectivity index (χ3n) is 6.70. The number of nitrogens with zero attached hydrogens (tertiary/aromatic N) is 1. The summed E-state index contributed by atoms with van der Waals surface area (Å²) in [5.41, 5.74) is 3.20. The Bertz CT molecular complexity index is 1340. The first-order valence-corrected chi connectivity index (χ1v) is 12.7. The summed E-state index contributed by atoms with van der Waals surface area (Å²) in [4.78, 5) is 37.0. The van der Waals surface area contributed by atoms with Crippen LogP contribution in [0.5, 0.6) is 0 Å². The van der Waals surface area contributed by atoms with Crippen LogP contribution >= 0.6 is 0 Å². The van der Waals surface area contributed by atoms with E-state index in [1.54, 1.807) is 6.07 Å². The number of alkyl halides is 3. The van der Waals surface area contributed by atoms with Crippen LogP contribution in [0.1, 0.15) is 54.2 Å². The van der Waals surface area contributed by atoms with E-state index in [2.05, 4.69) is 46.7 Å². The second-order valence-electron chi connectivity index (χ2n) is 9.37. The van der Waals surface area contributed by atoms with Gasteiger partial charge in [-0.2, -0.15) is 13.2 Å². The lowest BCUT2D eigenvalue weighted by molar-refractivity contribution is -0.192. The molecule has 3 aromatic rings. The number of benzene rings is 3. The van der Waals surface area contributed by atoms with Crippen molar-refractivity contribution in [2.45, 2.75) is 51.9 Å². The highest BCUT2D eigenvalue weighted by Gasteiger charge is 2.38. The summed E-state index contributed by atoms with van der Waals surface area (Å²) in [5.74, 6) is -2.90. The first-order valence-electron chi connectivity index (χ1n) is 12.7. The molecule has 0 saturated carbocycles. The number of carboxylic acids is 1. The zero-order chi connectivity index (χ0) is 28.7. The van der Waals surface area contributed by atoms with Crippen LogP contribution in [-0.2, 0) is 9.59 Å². The van der Waals surface area contributed by atoms with E-state index >= 15 is 0 Å². The molecule has 39 heavy (non-hydrogen) atoms. The van der Waals surface area contributed by atoms with E-state index in [0.29, 0.717) is 11.3 Å². The number of fused-ring (bicyclic) bond motifs is 1. The third-order valence-corrected chi connectivity index (χ3v) is 6.70. The summed E-state index contributed by atoms with van der Waals surface area (Å²) in [6.07, 6.45) is -3.17. The molecule has 0 bridgehead atoms. The topological polar surface area (TPSA) is 98.7 Å². The Balaban J connectivity index is 0.000000532. The normalized spacial score (nSPS) is 16.2. The van der Waals surface area contributed by atoms with Crippen molar-refractivity contribution in [3.05, 3.63) is 77.4 Å². The van der Waals surface area contributed by atoms with Crippen molar-refractivity contribution < 1.29 is 32.7 Å². The molecule has 7 nitrogen and oxygen atoms in total. The number of amides is 2. The Hall–Kier alpha value is -3.92. The molecule has 1 fully saturated rings. The number of carboxylic acid groups (broad SMARTS) is 1. The van der Waals surface area contributed by atoms with Crippen molar-refractivity contribution >= 4 is 34.2 Å². The minimum atomic E-state index is -5.08. The minimum Gasteiger partial charge on any atom is -0.475 e. The van der Waals surface area contributed by atoms with Crippen molar-refractivity contribution in [2.75, 3.05) is 18.4 Å². The molecule has 1 heterocycles. The number of aryl methyl sites for hydroxylation is 1. The number of halogens is 3. The smallest absolute Gasteiger partial charge is 0.475 e. The summed E-state index contributed by atoms with van der Waals surface area (Å²) >= 11 is 0. The summed E-state index contributed by atoms with van der Waals surface area (Å²) in [6, 6.07) is 19.6. The van der Waals surface area contributed by atoms with Crippen LogP contribution in [-0.4, -0.2) is 53.1 Å². The number of rotatable bonds is 6. The molecular formula is C29H32F3N3O4. The molecule has 0 radical (unpaired) electrons. The number of likely N-dealkylation sites (tertiary alicyclic amines) is 1. The maximum absolute atomic E-state index is 13.1. The van der Waals surface area contributed by atoms with Crippen molar-refractivity contribution in [3.63, 3.8) is 0 Å². The van der Waals surface area contributed by atoms with Crippen LogP contribution in [0.15, 0.2) is 60.7 Å². The number of nitrogens with one attached hydrogen (secondary N) is 2. The Morgan fingerprint density at radius 3 is 2.41 bits per heavy atom. The van der Waals surface area contributed by atoms with Gasteiger partial charge in [-0.15, -0.1) is 0 Å². The van der Waals surface area contributed by atoms with E-state index in [0.717, 1.165) is 47.8 Å². The number of aliphatic carboxylic acids is 1. The highest BCUT2D eigenvalue weighted by Crippen LogP contribution is 2.25. The van der Waals surface area contributed by atoms with Gasteiger partial charge >= 0.3 is 12.1 Å². The van der Waals surface area contributed by atoms with Gasteiger partial charge in [-0.3, -0.25) is 14.5 Å². The maximum atomic E-state index is 13.1. The van der Waals surface area contributed by atoms with Gasteiger partial charge in [0.15, 0.2) is 0 Å². The maximum Gasteiger partial charge on any atom is 0.490 e. The summed E-state index contributed by atoms with van der Waals surface area (Å²) < 4.78 is 31.7. The molecule has 1 aliphatic rings. The van der Waals surface area contributed by atoms with E-state index < -0.39 is 12.1 Å². The number of carbonyl (C=O) groups is 3. The van der Waals surface area contributed by atoms with Crippen LogP contribution < -0.4 is 10.6 Å². The molecule has 1 aliphatic heterocycles. The lowest BCUT2D eigenvalue weighted by Gasteiger charge is -2.22. The Labute approximate surface area is 225 Å². The molecule has 2 atom stereocenters. The predicted molar refractivity (Wildman–Crippen MR) is 144 cm³/mol. The van der Waals surface area contributed by atoms with Crippen molar-refractivity contribution in [2.24, 2.45) is 0 Å². The molecule has 3 aromatic carbocycles. The van der Waals surface area contributed by atoms with Gasteiger partial charge in [0.2, 0.25) is 5.91 Å². The van der Waals surface area contributed by atoms with Gasteiger partial charge in [-0.25, -0.2) is 4.79 Å². The fourth-order valence-corrected chi connectivity index (χ4v) is 4.65. The Morgan fingerprint density at radius 1 is 1.08 bits per heavy atom. The monoisotopic (exact) mass is 543 g/mol. The highest BCUT2D eigenvalue weighted by molar-refractivity contribution is 6.00. The summed E-state index contributed by atoms with van der Waals surface area (Å²) in [6.45, 7) is 7.82. The second-order valence-corrected chi connectivity index (χ2v) is 9.37.